The van der Waals surface area contributed by atoms with Gasteiger partial charge in [0.15, 0.2) is 5.65 Å². The highest BCUT2D eigenvalue weighted by Crippen LogP contribution is 2.28. The molecule has 7 heteroatoms. The van der Waals surface area contributed by atoms with Crippen LogP contribution >= 0.6 is 0 Å². The summed E-state index contributed by atoms with van der Waals surface area (Å²) < 4.78 is 5.63. The summed E-state index contributed by atoms with van der Waals surface area (Å²) in [6.45, 7) is 8.31. The average Bonchev–Trinajstić information content (AvgIpc) is 2.84. The molecule has 1 saturated heterocycles. The van der Waals surface area contributed by atoms with Crippen molar-refractivity contribution in [3.8, 4) is 5.75 Å². The van der Waals surface area contributed by atoms with Gasteiger partial charge in [-0.1, -0.05) is 26.0 Å². The maximum Gasteiger partial charge on any atom is 0.227 e. The summed E-state index contributed by atoms with van der Waals surface area (Å²) >= 11 is 0. The number of carbonyl (C=O) groups is 1. The molecule has 1 N–H and O–H groups in total. The molecule has 0 saturated carbocycles. The van der Waals surface area contributed by atoms with Gasteiger partial charge in [-0.05, 0) is 50.8 Å². The van der Waals surface area contributed by atoms with Gasteiger partial charge in [-0.3, -0.25) is 4.79 Å². The van der Waals surface area contributed by atoms with E-state index in [0.717, 1.165) is 67.1 Å². The second-order valence-electron chi connectivity index (χ2n) is 8.04. The predicted molar refractivity (Wildman–Crippen MR) is 127 cm³/mol. The van der Waals surface area contributed by atoms with Gasteiger partial charge >= 0.3 is 0 Å². The van der Waals surface area contributed by atoms with E-state index in [9.17, 15) is 4.79 Å². The van der Waals surface area contributed by atoms with Crippen LogP contribution < -0.4 is 15.0 Å². The Morgan fingerprint density at radius 2 is 1.81 bits per heavy atom. The maximum atomic E-state index is 12.9. The molecule has 7 nitrogen and oxygen atoms in total. The van der Waals surface area contributed by atoms with Crippen LogP contribution in [0.25, 0.3) is 11.2 Å². The van der Waals surface area contributed by atoms with Crippen LogP contribution in [0, 0.1) is 5.92 Å². The Morgan fingerprint density at radius 3 is 2.53 bits per heavy atom. The van der Waals surface area contributed by atoms with Gasteiger partial charge in [0.05, 0.1) is 35.6 Å². The van der Waals surface area contributed by atoms with Crippen LogP contribution in [-0.4, -0.2) is 40.6 Å². The zero-order chi connectivity index (χ0) is 22.5. The summed E-state index contributed by atoms with van der Waals surface area (Å²) in [7, 11) is 0. The highest BCUT2D eigenvalue weighted by molar-refractivity contribution is 5.94. The van der Waals surface area contributed by atoms with Crippen LogP contribution in [0.4, 0.5) is 11.4 Å². The minimum atomic E-state index is -0.0204. The summed E-state index contributed by atoms with van der Waals surface area (Å²) in [5, 5.41) is 3.05. The Hall–Kier alpha value is -3.22. The molecule has 1 aliphatic rings. The number of rotatable bonds is 7. The fourth-order valence-electron chi connectivity index (χ4n) is 4.23. The second-order valence-corrected chi connectivity index (χ2v) is 8.04. The number of amides is 1. The van der Waals surface area contributed by atoms with Gasteiger partial charge in [0.1, 0.15) is 11.3 Å². The number of fused-ring (bicyclic) bond motifs is 1. The van der Waals surface area contributed by atoms with E-state index in [1.54, 1.807) is 0 Å². The van der Waals surface area contributed by atoms with Crippen molar-refractivity contribution < 1.29 is 9.53 Å². The summed E-state index contributed by atoms with van der Waals surface area (Å²) in [5.74, 6) is 0.744. The Labute approximate surface area is 189 Å². The Kier molecular flexibility index (Phi) is 6.83. The lowest BCUT2D eigenvalue weighted by atomic mass is 9.95. The van der Waals surface area contributed by atoms with Crippen molar-refractivity contribution >= 4 is 28.4 Å². The zero-order valence-electron chi connectivity index (χ0n) is 19.1. The molecule has 0 aliphatic carbocycles. The lowest BCUT2D eigenvalue weighted by molar-refractivity contribution is -0.120. The Bertz CT molecular complexity index is 1090. The molecule has 0 bridgehead atoms. The lowest BCUT2D eigenvalue weighted by Crippen LogP contribution is -2.38. The summed E-state index contributed by atoms with van der Waals surface area (Å²) in [6.07, 6.45) is 5.19. The SMILES string of the molecule is CCOc1ccccc1NC(=O)C1CCN(c2cnc3nc(CC)c(CC)nc3c2)CC1. The summed E-state index contributed by atoms with van der Waals surface area (Å²) in [5.41, 5.74) is 5.38. The van der Waals surface area contributed by atoms with Gasteiger partial charge in [-0.15, -0.1) is 0 Å². The van der Waals surface area contributed by atoms with Crippen molar-refractivity contribution in [3.05, 3.63) is 47.9 Å². The first-order chi connectivity index (χ1) is 15.6. The van der Waals surface area contributed by atoms with Crippen LogP contribution in [0.1, 0.15) is 45.0 Å². The number of para-hydroxylation sites is 2. The molecule has 1 aromatic carbocycles. The third-order valence-corrected chi connectivity index (χ3v) is 6.01. The minimum absolute atomic E-state index is 0.0204. The van der Waals surface area contributed by atoms with Crippen LogP contribution in [0.5, 0.6) is 5.75 Å². The monoisotopic (exact) mass is 433 g/mol. The predicted octanol–water partition coefficient (Wildman–Crippen LogP) is 4.40. The number of nitrogens with zero attached hydrogens (tertiary/aromatic N) is 4. The second kappa shape index (κ2) is 9.94. The quantitative estimate of drug-likeness (QED) is 0.595. The summed E-state index contributed by atoms with van der Waals surface area (Å²) in [6, 6.07) is 9.66. The smallest absolute Gasteiger partial charge is 0.227 e. The Balaban J connectivity index is 1.42. The molecule has 168 valence electrons. The molecule has 0 atom stereocenters. The third kappa shape index (κ3) is 4.66. The average molecular weight is 434 g/mol. The fourth-order valence-corrected chi connectivity index (χ4v) is 4.23. The van der Waals surface area contributed by atoms with Crippen LogP contribution in [-0.2, 0) is 17.6 Å². The molecule has 1 aliphatic heterocycles. The number of aryl methyl sites for hydroxylation is 2. The number of hydrogen-bond acceptors (Lipinski definition) is 6. The molecule has 0 unspecified atom stereocenters. The standard InChI is InChI=1S/C25H31N5O2/c1-4-19-20(5-2)28-24-22(27-19)15-18(16-26-24)30-13-11-17(12-14-30)25(31)29-21-9-7-8-10-23(21)32-6-3/h7-10,15-17H,4-6,11-14H2,1-3H3,(H,29,31). The van der Waals surface area contributed by atoms with E-state index in [1.165, 1.54) is 0 Å². The minimum Gasteiger partial charge on any atom is -0.492 e. The molecule has 3 aromatic rings. The van der Waals surface area contributed by atoms with Crippen LogP contribution in [0.2, 0.25) is 0 Å². The molecule has 0 radical (unpaired) electrons. The molecule has 4 rings (SSSR count). The van der Waals surface area contributed by atoms with Crippen molar-refractivity contribution in [2.24, 2.45) is 5.92 Å². The number of benzene rings is 1. The number of ether oxygens (including phenoxy) is 1. The molecule has 32 heavy (non-hydrogen) atoms. The van der Waals surface area contributed by atoms with Gasteiger partial charge in [0.2, 0.25) is 5.91 Å². The summed E-state index contributed by atoms with van der Waals surface area (Å²) in [4.78, 5) is 29.2. The topological polar surface area (TPSA) is 80.2 Å². The molecule has 2 aromatic heterocycles. The highest BCUT2D eigenvalue weighted by Gasteiger charge is 2.26. The lowest BCUT2D eigenvalue weighted by Gasteiger charge is -2.32. The molecular weight excluding hydrogens is 402 g/mol. The van der Waals surface area contributed by atoms with E-state index in [-0.39, 0.29) is 11.8 Å². The van der Waals surface area contributed by atoms with E-state index in [4.69, 9.17) is 14.7 Å². The van der Waals surface area contributed by atoms with E-state index < -0.39 is 0 Å². The number of aromatic nitrogens is 3. The number of hydrogen-bond donors (Lipinski definition) is 1. The van der Waals surface area contributed by atoms with Crippen LogP contribution in [0.15, 0.2) is 36.5 Å². The largest absolute Gasteiger partial charge is 0.492 e. The number of pyridine rings is 1. The van der Waals surface area contributed by atoms with E-state index in [2.05, 4.69) is 35.1 Å². The Morgan fingerprint density at radius 1 is 1.09 bits per heavy atom. The maximum absolute atomic E-state index is 12.9. The number of carbonyl (C=O) groups excluding carboxylic acids is 1. The molecule has 1 fully saturated rings. The fraction of sp³-hybridized carbons (Fsp3) is 0.440. The van der Waals surface area contributed by atoms with E-state index in [0.29, 0.717) is 18.0 Å². The van der Waals surface area contributed by atoms with Gasteiger partial charge in [-0.25, -0.2) is 15.0 Å². The van der Waals surface area contributed by atoms with Gasteiger partial charge < -0.3 is 15.0 Å². The van der Waals surface area contributed by atoms with Crippen molar-refractivity contribution in [1.29, 1.82) is 0 Å². The van der Waals surface area contributed by atoms with Crippen molar-refractivity contribution in [2.45, 2.75) is 46.5 Å². The van der Waals surface area contributed by atoms with E-state index >= 15 is 0 Å². The zero-order valence-corrected chi connectivity index (χ0v) is 19.1. The van der Waals surface area contributed by atoms with Gasteiger partial charge in [0.25, 0.3) is 0 Å². The number of anilines is 2. The number of piperidine rings is 1. The highest BCUT2D eigenvalue weighted by atomic mass is 16.5. The van der Waals surface area contributed by atoms with Crippen molar-refractivity contribution in [1.82, 2.24) is 15.0 Å². The normalized spacial score (nSPS) is 14.5. The first-order valence-electron chi connectivity index (χ1n) is 11.6. The first-order valence-corrected chi connectivity index (χ1v) is 11.6. The van der Waals surface area contributed by atoms with Gasteiger partial charge in [-0.2, -0.15) is 0 Å². The first kappa shape index (κ1) is 22.0. The van der Waals surface area contributed by atoms with Crippen molar-refractivity contribution in [3.63, 3.8) is 0 Å². The van der Waals surface area contributed by atoms with Gasteiger partial charge in [0, 0.05) is 19.0 Å². The molecule has 1 amide bonds. The number of nitrogens with one attached hydrogen (secondary N) is 1. The van der Waals surface area contributed by atoms with Crippen molar-refractivity contribution in [2.75, 3.05) is 29.9 Å². The molecule has 0 spiro atoms. The molecular formula is C25H31N5O2. The van der Waals surface area contributed by atoms with E-state index in [1.807, 2.05) is 37.4 Å². The third-order valence-electron chi connectivity index (χ3n) is 6.01. The molecule has 3 heterocycles. The van der Waals surface area contributed by atoms with Crippen LogP contribution in [0.3, 0.4) is 0 Å².